The van der Waals surface area contributed by atoms with E-state index in [9.17, 15) is 4.39 Å². The summed E-state index contributed by atoms with van der Waals surface area (Å²) in [5, 5.41) is 4.34. The van der Waals surface area contributed by atoms with Crippen LogP contribution in [0.25, 0.3) is 0 Å². The molecule has 1 N–H and O–H groups in total. The Balaban J connectivity index is 2.02. The summed E-state index contributed by atoms with van der Waals surface area (Å²) in [6.07, 6.45) is 1.71. The lowest BCUT2D eigenvalue weighted by molar-refractivity contribution is 0.371. The average Bonchev–Trinajstić information content (AvgIpc) is 2.79. The molecule has 1 aliphatic rings. The number of aromatic nitrogens is 1. The molecule has 114 valence electrons. The zero-order valence-electron chi connectivity index (χ0n) is 11.6. The van der Waals surface area contributed by atoms with Crippen LogP contribution >= 0.6 is 35.4 Å². The van der Waals surface area contributed by atoms with Crippen molar-refractivity contribution in [1.29, 1.82) is 0 Å². The summed E-state index contributed by atoms with van der Waals surface area (Å²) >= 11 is 16.9. The summed E-state index contributed by atoms with van der Waals surface area (Å²) in [6, 6.07) is 8.10. The van der Waals surface area contributed by atoms with Crippen molar-refractivity contribution < 1.29 is 4.39 Å². The minimum atomic E-state index is -0.450. The van der Waals surface area contributed by atoms with Crippen molar-refractivity contribution in [3.05, 3.63) is 63.6 Å². The van der Waals surface area contributed by atoms with Gasteiger partial charge in [0.25, 0.3) is 0 Å². The Bertz CT molecular complexity index is 723. The molecule has 2 aromatic rings. The van der Waals surface area contributed by atoms with Crippen LogP contribution < -0.4 is 5.32 Å². The lowest BCUT2D eigenvalue weighted by atomic mass is 9.95. The number of nitrogens with zero attached hydrogens (tertiary/aromatic N) is 2. The standard InChI is InChI=1S/C15H12Cl2FN3S/c1-21-14(9-3-5-12(17)19-7-9)13(20-15(21)22)8-2-4-10(16)11(18)6-8/h2-7,13-14H,1H3,(H,20,22). The summed E-state index contributed by atoms with van der Waals surface area (Å²) in [5.74, 6) is -0.450. The molecule has 22 heavy (non-hydrogen) atoms. The van der Waals surface area contributed by atoms with Gasteiger partial charge in [0.2, 0.25) is 0 Å². The van der Waals surface area contributed by atoms with E-state index < -0.39 is 5.82 Å². The first-order valence-electron chi connectivity index (χ1n) is 6.57. The summed E-state index contributed by atoms with van der Waals surface area (Å²) in [5.41, 5.74) is 1.72. The van der Waals surface area contributed by atoms with E-state index in [0.717, 1.165) is 11.1 Å². The largest absolute Gasteiger partial charge is 0.353 e. The van der Waals surface area contributed by atoms with E-state index in [2.05, 4.69) is 10.3 Å². The quantitative estimate of drug-likeness (QED) is 0.647. The third-order valence-electron chi connectivity index (χ3n) is 3.73. The molecule has 1 aliphatic heterocycles. The number of rotatable bonds is 2. The average molecular weight is 356 g/mol. The van der Waals surface area contributed by atoms with Crippen LogP contribution in [0, 0.1) is 5.82 Å². The van der Waals surface area contributed by atoms with Crippen LogP contribution in [0.15, 0.2) is 36.5 Å². The molecule has 2 atom stereocenters. The minimum Gasteiger partial charge on any atom is -0.353 e. The second kappa shape index (κ2) is 5.99. The zero-order valence-corrected chi connectivity index (χ0v) is 13.9. The fourth-order valence-electron chi connectivity index (χ4n) is 2.61. The molecule has 3 nitrogen and oxygen atoms in total. The Morgan fingerprint density at radius 1 is 1.23 bits per heavy atom. The van der Waals surface area contributed by atoms with E-state index in [1.807, 2.05) is 18.0 Å². The van der Waals surface area contributed by atoms with Crippen molar-refractivity contribution in [2.45, 2.75) is 12.1 Å². The molecule has 2 heterocycles. The Morgan fingerprint density at radius 2 is 1.95 bits per heavy atom. The summed E-state index contributed by atoms with van der Waals surface area (Å²) < 4.78 is 13.8. The molecule has 0 bridgehead atoms. The normalized spacial score (nSPS) is 21.1. The molecule has 0 radical (unpaired) electrons. The third-order valence-corrected chi connectivity index (χ3v) is 4.66. The molecular weight excluding hydrogens is 344 g/mol. The Morgan fingerprint density at radius 3 is 2.59 bits per heavy atom. The van der Waals surface area contributed by atoms with Crippen LogP contribution in [0.4, 0.5) is 4.39 Å². The van der Waals surface area contributed by atoms with Crippen molar-refractivity contribution >= 4 is 40.5 Å². The second-order valence-corrected chi connectivity index (χ2v) is 6.25. The predicted molar refractivity (Wildman–Crippen MR) is 89.6 cm³/mol. The smallest absolute Gasteiger partial charge is 0.169 e. The van der Waals surface area contributed by atoms with E-state index in [4.69, 9.17) is 35.4 Å². The molecule has 1 aromatic heterocycles. The van der Waals surface area contributed by atoms with Crippen LogP contribution in [-0.4, -0.2) is 22.0 Å². The topological polar surface area (TPSA) is 28.2 Å². The highest BCUT2D eigenvalue weighted by molar-refractivity contribution is 7.80. The summed E-state index contributed by atoms with van der Waals surface area (Å²) in [6.45, 7) is 0. The van der Waals surface area contributed by atoms with E-state index in [1.165, 1.54) is 6.07 Å². The van der Waals surface area contributed by atoms with Gasteiger partial charge in [0, 0.05) is 13.2 Å². The maximum absolute atomic E-state index is 13.8. The van der Waals surface area contributed by atoms with Gasteiger partial charge < -0.3 is 10.2 Å². The lowest BCUT2D eigenvalue weighted by Crippen LogP contribution is -2.24. The number of halogens is 3. The summed E-state index contributed by atoms with van der Waals surface area (Å²) in [4.78, 5) is 6.04. The Labute approximate surface area is 143 Å². The third kappa shape index (κ3) is 2.76. The van der Waals surface area contributed by atoms with Gasteiger partial charge in [-0.15, -0.1) is 0 Å². The van der Waals surface area contributed by atoms with Gasteiger partial charge in [0.05, 0.1) is 17.1 Å². The van der Waals surface area contributed by atoms with Crippen LogP contribution in [0.3, 0.4) is 0 Å². The first-order valence-corrected chi connectivity index (χ1v) is 7.73. The van der Waals surface area contributed by atoms with Crippen molar-refractivity contribution in [3.63, 3.8) is 0 Å². The number of nitrogens with one attached hydrogen (secondary N) is 1. The van der Waals surface area contributed by atoms with Gasteiger partial charge in [-0.2, -0.15) is 0 Å². The maximum atomic E-state index is 13.8. The molecule has 3 rings (SSSR count). The van der Waals surface area contributed by atoms with E-state index in [0.29, 0.717) is 10.3 Å². The molecule has 0 amide bonds. The maximum Gasteiger partial charge on any atom is 0.169 e. The molecule has 1 fully saturated rings. The van der Waals surface area contributed by atoms with Gasteiger partial charge in [-0.25, -0.2) is 9.37 Å². The molecule has 2 unspecified atom stereocenters. The van der Waals surface area contributed by atoms with Crippen molar-refractivity contribution in [2.24, 2.45) is 0 Å². The number of benzene rings is 1. The zero-order chi connectivity index (χ0) is 15.9. The molecule has 1 aromatic carbocycles. The van der Waals surface area contributed by atoms with Crippen molar-refractivity contribution in [2.75, 3.05) is 7.05 Å². The van der Waals surface area contributed by atoms with Gasteiger partial charge >= 0.3 is 0 Å². The summed E-state index contributed by atoms with van der Waals surface area (Å²) in [7, 11) is 1.89. The number of likely N-dealkylation sites (N-methyl/N-ethyl adjacent to an activating group) is 1. The Hall–Kier alpha value is -1.43. The number of hydrogen-bond acceptors (Lipinski definition) is 2. The first-order chi connectivity index (χ1) is 10.5. The number of pyridine rings is 1. The first kappa shape index (κ1) is 15.5. The minimum absolute atomic E-state index is 0.0992. The van der Waals surface area contributed by atoms with E-state index >= 15 is 0 Å². The van der Waals surface area contributed by atoms with Gasteiger partial charge in [-0.05, 0) is 41.5 Å². The fraction of sp³-hybridized carbons (Fsp3) is 0.200. The van der Waals surface area contributed by atoms with Crippen LogP contribution in [-0.2, 0) is 0 Å². The van der Waals surface area contributed by atoms with Crippen LogP contribution in [0.5, 0.6) is 0 Å². The predicted octanol–water partition coefficient (Wildman–Crippen LogP) is 4.13. The van der Waals surface area contributed by atoms with Gasteiger partial charge in [0.15, 0.2) is 5.11 Å². The number of hydrogen-bond donors (Lipinski definition) is 1. The van der Waals surface area contributed by atoms with E-state index in [1.54, 1.807) is 24.4 Å². The molecule has 0 saturated carbocycles. The monoisotopic (exact) mass is 355 g/mol. The van der Waals surface area contributed by atoms with Gasteiger partial charge in [0.1, 0.15) is 11.0 Å². The second-order valence-electron chi connectivity index (χ2n) is 5.07. The highest BCUT2D eigenvalue weighted by Crippen LogP contribution is 2.38. The molecular formula is C15H12Cl2FN3S. The van der Waals surface area contributed by atoms with E-state index in [-0.39, 0.29) is 17.1 Å². The molecule has 7 heteroatoms. The highest BCUT2D eigenvalue weighted by atomic mass is 35.5. The van der Waals surface area contributed by atoms with Crippen LogP contribution in [0.2, 0.25) is 10.2 Å². The molecule has 0 spiro atoms. The van der Waals surface area contributed by atoms with Crippen molar-refractivity contribution in [3.8, 4) is 0 Å². The molecule has 0 aliphatic carbocycles. The van der Waals surface area contributed by atoms with Gasteiger partial charge in [-0.1, -0.05) is 35.3 Å². The highest BCUT2D eigenvalue weighted by Gasteiger charge is 2.37. The molecule has 1 saturated heterocycles. The van der Waals surface area contributed by atoms with Crippen LogP contribution in [0.1, 0.15) is 23.2 Å². The fourth-order valence-corrected chi connectivity index (χ4v) is 3.08. The van der Waals surface area contributed by atoms with Gasteiger partial charge in [-0.3, -0.25) is 0 Å². The lowest BCUT2D eigenvalue weighted by Gasteiger charge is -2.24. The number of thiocarbonyl (C=S) groups is 1. The van der Waals surface area contributed by atoms with Crippen molar-refractivity contribution in [1.82, 2.24) is 15.2 Å². The Kier molecular flexibility index (Phi) is 4.21. The SMILES string of the molecule is CN1C(=S)NC(c2ccc(Cl)c(F)c2)C1c1ccc(Cl)nc1.